The topological polar surface area (TPSA) is 100 Å². The first-order chi connectivity index (χ1) is 14.1. The van der Waals surface area contributed by atoms with E-state index < -0.39 is 47.5 Å². The third kappa shape index (κ3) is 4.52. The molecule has 0 atom stereocenters. The van der Waals surface area contributed by atoms with Crippen molar-refractivity contribution in [3.63, 3.8) is 0 Å². The third-order valence-corrected chi connectivity index (χ3v) is 5.06. The molecule has 0 radical (unpaired) electrons. The van der Waals surface area contributed by atoms with Gasteiger partial charge in [0.1, 0.15) is 18.7 Å². The highest BCUT2D eigenvalue weighted by Gasteiger charge is 2.35. The number of likely N-dealkylation sites (tertiary alicyclic amines) is 1. The summed E-state index contributed by atoms with van der Waals surface area (Å²) in [6, 6.07) is 1.71. The fourth-order valence-corrected chi connectivity index (χ4v) is 3.36. The first kappa shape index (κ1) is 21.5. The van der Waals surface area contributed by atoms with Crippen molar-refractivity contribution in [3.8, 4) is 0 Å². The van der Waals surface area contributed by atoms with Crippen molar-refractivity contribution in [1.82, 2.24) is 19.3 Å². The number of imide groups is 1. The van der Waals surface area contributed by atoms with Crippen molar-refractivity contribution >= 4 is 23.6 Å². The molecule has 2 fully saturated rings. The van der Waals surface area contributed by atoms with Crippen LogP contribution in [0.5, 0.6) is 0 Å². The lowest BCUT2D eigenvalue weighted by atomic mass is 10.2. The highest BCUT2D eigenvalue weighted by Crippen LogP contribution is 2.26. The number of rotatable bonds is 4. The van der Waals surface area contributed by atoms with E-state index in [0.717, 1.165) is 17.2 Å². The second kappa shape index (κ2) is 8.28. The van der Waals surface area contributed by atoms with Crippen LogP contribution < -0.4 is 5.56 Å². The van der Waals surface area contributed by atoms with Crippen LogP contribution in [-0.2, 0) is 31.9 Å². The predicted octanol–water partition coefficient (Wildman–Crippen LogP) is -0.313. The van der Waals surface area contributed by atoms with Crippen molar-refractivity contribution in [2.75, 3.05) is 32.7 Å². The third-order valence-electron chi connectivity index (χ3n) is 5.06. The number of carbonyl (C=O) groups is 4. The van der Waals surface area contributed by atoms with Crippen LogP contribution in [0.1, 0.15) is 18.4 Å². The van der Waals surface area contributed by atoms with Gasteiger partial charge in [-0.1, -0.05) is 0 Å². The van der Waals surface area contributed by atoms with Crippen molar-refractivity contribution in [1.29, 1.82) is 0 Å². The van der Waals surface area contributed by atoms with Crippen molar-refractivity contribution < 1.29 is 32.3 Å². The molecule has 0 N–H and O–H groups in total. The van der Waals surface area contributed by atoms with E-state index in [1.165, 1.54) is 9.80 Å². The van der Waals surface area contributed by atoms with Gasteiger partial charge in [0, 0.05) is 45.2 Å². The molecule has 162 valence electrons. The smallest absolute Gasteiger partial charge is 0.338 e. The summed E-state index contributed by atoms with van der Waals surface area (Å²) in [7, 11) is 0. The van der Waals surface area contributed by atoms with Crippen LogP contribution in [0, 0.1) is 0 Å². The van der Waals surface area contributed by atoms with E-state index in [0.29, 0.717) is 10.6 Å². The van der Waals surface area contributed by atoms with E-state index in [-0.39, 0.29) is 45.6 Å². The lowest BCUT2D eigenvalue weighted by molar-refractivity contribution is -0.147. The molecule has 0 aromatic carbocycles. The molecule has 0 unspecified atom stereocenters. The van der Waals surface area contributed by atoms with Crippen LogP contribution >= 0.6 is 0 Å². The molecule has 0 bridgehead atoms. The Morgan fingerprint density at radius 2 is 1.37 bits per heavy atom. The van der Waals surface area contributed by atoms with Gasteiger partial charge >= 0.3 is 6.18 Å². The van der Waals surface area contributed by atoms with Crippen molar-refractivity contribution in [2.24, 2.45) is 0 Å². The Labute approximate surface area is 168 Å². The fraction of sp³-hybridized carbons (Fsp3) is 0.500. The van der Waals surface area contributed by atoms with Gasteiger partial charge in [0.05, 0.1) is 0 Å². The molecule has 2 saturated heterocycles. The Balaban J connectivity index is 1.56. The molecule has 0 spiro atoms. The normalized spacial score (nSPS) is 17.6. The molecule has 9 nitrogen and oxygen atoms in total. The average molecular weight is 428 g/mol. The minimum absolute atomic E-state index is 0.0866. The zero-order chi connectivity index (χ0) is 22.1. The molecule has 2 aliphatic heterocycles. The molecule has 0 saturated carbocycles. The van der Waals surface area contributed by atoms with Gasteiger partial charge in [0.2, 0.25) is 23.6 Å². The molecular formula is C18H19F3N4O5. The Morgan fingerprint density at radius 1 is 0.867 bits per heavy atom. The van der Waals surface area contributed by atoms with Gasteiger partial charge in [-0.3, -0.25) is 28.9 Å². The van der Waals surface area contributed by atoms with E-state index in [4.69, 9.17) is 0 Å². The van der Waals surface area contributed by atoms with Crippen LogP contribution in [0.3, 0.4) is 0 Å². The summed E-state index contributed by atoms with van der Waals surface area (Å²) in [4.78, 5) is 63.6. The number of piperazine rings is 1. The number of pyridine rings is 1. The number of amides is 4. The van der Waals surface area contributed by atoms with Crippen LogP contribution in [0.25, 0.3) is 0 Å². The van der Waals surface area contributed by atoms with Crippen molar-refractivity contribution in [2.45, 2.75) is 25.6 Å². The quantitative estimate of drug-likeness (QED) is 0.613. The molecule has 1 aromatic heterocycles. The first-order valence-corrected chi connectivity index (χ1v) is 9.23. The zero-order valence-corrected chi connectivity index (χ0v) is 15.9. The van der Waals surface area contributed by atoms with E-state index in [1.807, 2.05) is 0 Å². The average Bonchev–Trinajstić information content (AvgIpc) is 3.00. The maximum absolute atomic E-state index is 12.8. The number of alkyl halides is 3. The summed E-state index contributed by atoms with van der Waals surface area (Å²) >= 11 is 0. The van der Waals surface area contributed by atoms with E-state index in [2.05, 4.69) is 0 Å². The van der Waals surface area contributed by atoms with Gasteiger partial charge in [0.25, 0.3) is 5.56 Å². The Kier molecular flexibility index (Phi) is 5.94. The summed E-state index contributed by atoms with van der Waals surface area (Å²) in [6.07, 6.45) is -3.53. The number of hydrogen-bond acceptors (Lipinski definition) is 5. The summed E-state index contributed by atoms with van der Waals surface area (Å²) in [5.41, 5.74) is -2.65. The summed E-state index contributed by atoms with van der Waals surface area (Å²) in [5, 5.41) is 0. The molecule has 0 aliphatic carbocycles. The van der Waals surface area contributed by atoms with Gasteiger partial charge in [-0.2, -0.15) is 13.2 Å². The maximum Gasteiger partial charge on any atom is 0.421 e. The molecule has 3 heterocycles. The predicted molar refractivity (Wildman–Crippen MR) is 94.8 cm³/mol. The number of hydrogen-bond donors (Lipinski definition) is 0. The molecular weight excluding hydrogens is 409 g/mol. The highest BCUT2D eigenvalue weighted by atomic mass is 19.4. The van der Waals surface area contributed by atoms with Gasteiger partial charge < -0.3 is 14.4 Å². The van der Waals surface area contributed by atoms with E-state index >= 15 is 0 Å². The SMILES string of the molecule is O=C(CN1C(=O)CCC1=O)N1CCN(C(=O)Cn2cccc(C(F)(F)F)c2=O)CC1. The van der Waals surface area contributed by atoms with Crippen molar-refractivity contribution in [3.05, 3.63) is 34.2 Å². The summed E-state index contributed by atoms with van der Waals surface area (Å²) < 4.78 is 39.2. The Morgan fingerprint density at radius 3 is 1.87 bits per heavy atom. The Bertz CT molecular complexity index is 918. The standard InChI is InChI=1S/C18H19F3N4O5/c19-18(20,21)12-2-1-5-24(17(12)30)10-15(28)22-6-8-23(9-7-22)16(29)11-25-13(26)3-4-14(25)27/h1-2,5H,3-4,6-11H2. The summed E-state index contributed by atoms with van der Waals surface area (Å²) in [5.74, 6) is -1.75. The maximum atomic E-state index is 12.8. The molecule has 4 amide bonds. The largest absolute Gasteiger partial charge is 0.421 e. The number of aromatic nitrogens is 1. The van der Waals surface area contributed by atoms with Crippen LogP contribution in [-0.4, -0.2) is 75.6 Å². The lowest BCUT2D eigenvalue weighted by Crippen LogP contribution is -2.53. The van der Waals surface area contributed by atoms with Crippen LogP contribution in [0.4, 0.5) is 13.2 Å². The fourth-order valence-electron chi connectivity index (χ4n) is 3.36. The van der Waals surface area contributed by atoms with Gasteiger partial charge in [-0.25, -0.2) is 0 Å². The zero-order valence-electron chi connectivity index (χ0n) is 15.9. The van der Waals surface area contributed by atoms with Gasteiger partial charge in [-0.05, 0) is 12.1 Å². The summed E-state index contributed by atoms with van der Waals surface area (Å²) in [6.45, 7) is -0.338. The van der Waals surface area contributed by atoms with Crippen LogP contribution in [0.2, 0.25) is 0 Å². The highest BCUT2D eigenvalue weighted by molar-refractivity contribution is 6.04. The second-order valence-corrected chi connectivity index (χ2v) is 6.99. The second-order valence-electron chi connectivity index (χ2n) is 6.99. The molecule has 12 heteroatoms. The van der Waals surface area contributed by atoms with Gasteiger partial charge in [0.15, 0.2) is 0 Å². The minimum Gasteiger partial charge on any atom is -0.338 e. The molecule has 3 rings (SSSR count). The Hall–Kier alpha value is -3.18. The number of carbonyl (C=O) groups excluding carboxylic acids is 4. The number of halogens is 3. The lowest BCUT2D eigenvalue weighted by Gasteiger charge is -2.35. The monoisotopic (exact) mass is 428 g/mol. The molecule has 30 heavy (non-hydrogen) atoms. The first-order valence-electron chi connectivity index (χ1n) is 9.23. The van der Waals surface area contributed by atoms with E-state index in [1.54, 1.807) is 0 Å². The van der Waals surface area contributed by atoms with Gasteiger partial charge in [-0.15, -0.1) is 0 Å². The minimum atomic E-state index is -4.81. The van der Waals surface area contributed by atoms with E-state index in [9.17, 15) is 37.1 Å². The molecule has 1 aromatic rings. The van der Waals surface area contributed by atoms with Crippen LogP contribution in [0.15, 0.2) is 23.1 Å². The number of nitrogens with zero attached hydrogens (tertiary/aromatic N) is 4. The molecule has 2 aliphatic rings.